The summed E-state index contributed by atoms with van der Waals surface area (Å²) in [6.07, 6.45) is 4.97. The van der Waals surface area contributed by atoms with Gasteiger partial charge in [-0.1, -0.05) is 11.8 Å². The van der Waals surface area contributed by atoms with E-state index in [0.717, 1.165) is 17.0 Å². The summed E-state index contributed by atoms with van der Waals surface area (Å²) in [6.45, 7) is 5.78. The molecule has 0 aromatic carbocycles. The quantitative estimate of drug-likeness (QED) is 0.665. The van der Waals surface area contributed by atoms with Gasteiger partial charge in [0.15, 0.2) is 5.16 Å². The van der Waals surface area contributed by atoms with E-state index in [1.165, 1.54) is 24.2 Å². The van der Waals surface area contributed by atoms with E-state index < -0.39 is 0 Å². The Hall–Kier alpha value is -1.89. The van der Waals surface area contributed by atoms with Gasteiger partial charge in [0.1, 0.15) is 0 Å². The Bertz CT molecular complexity index is 588. The summed E-state index contributed by atoms with van der Waals surface area (Å²) in [7, 11) is 0. The molecular weight excluding hydrogens is 274 g/mol. The number of aromatic amines is 1. The monoisotopic (exact) mass is 291 g/mol. The molecule has 2 N–H and O–H groups in total. The molecule has 7 heteroatoms. The van der Waals surface area contributed by atoms with E-state index in [1.807, 2.05) is 27.0 Å². The average molecular weight is 291 g/mol. The van der Waals surface area contributed by atoms with Crippen LogP contribution in [0.4, 0.5) is 0 Å². The first-order valence-corrected chi connectivity index (χ1v) is 7.43. The highest BCUT2D eigenvalue weighted by Gasteiger charge is 2.17. The van der Waals surface area contributed by atoms with E-state index in [2.05, 4.69) is 25.5 Å². The van der Waals surface area contributed by atoms with Crippen molar-refractivity contribution in [3.63, 3.8) is 0 Å². The molecule has 6 nitrogen and oxygen atoms in total. The molecule has 0 spiro atoms. The molecule has 1 amide bonds. The van der Waals surface area contributed by atoms with Gasteiger partial charge >= 0.3 is 0 Å². The summed E-state index contributed by atoms with van der Waals surface area (Å²) in [6, 6.07) is -0.124. The van der Waals surface area contributed by atoms with Crippen LogP contribution in [0.1, 0.15) is 40.3 Å². The van der Waals surface area contributed by atoms with Crippen molar-refractivity contribution in [3.8, 4) is 0 Å². The lowest BCUT2D eigenvalue weighted by molar-refractivity contribution is 0.0939. The maximum atomic E-state index is 12.1. The van der Waals surface area contributed by atoms with Crippen molar-refractivity contribution < 1.29 is 4.79 Å². The van der Waals surface area contributed by atoms with Gasteiger partial charge in [-0.15, -0.1) is 0 Å². The zero-order chi connectivity index (χ0) is 14.7. The lowest BCUT2D eigenvalue weighted by atomic mass is 10.1. The minimum Gasteiger partial charge on any atom is -0.345 e. The van der Waals surface area contributed by atoms with Gasteiger partial charge in [0, 0.05) is 23.7 Å². The highest BCUT2D eigenvalue weighted by Crippen LogP contribution is 2.19. The molecule has 2 heterocycles. The first-order chi connectivity index (χ1) is 9.52. The number of hydrogen-bond donors (Lipinski definition) is 2. The highest BCUT2D eigenvalue weighted by molar-refractivity contribution is 7.98. The number of hydrogen-bond acceptors (Lipinski definition) is 5. The number of amides is 1. The Morgan fingerprint density at radius 1 is 1.35 bits per heavy atom. The molecule has 0 radical (unpaired) electrons. The van der Waals surface area contributed by atoms with Gasteiger partial charge in [0.25, 0.3) is 5.91 Å². The van der Waals surface area contributed by atoms with Gasteiger partial charge < -0.3 is 5.32 Å². The third-order valence-electron chi connectivity index (χ3n) is 3.04. The van der Waals surface area contributed by atoms with Gasteiger partial charge in [-0.05, 0) is 27.0 Å². The SMILES string of the molecule is CSc1ncc(C(=O)NC(C)c2c(C)n[nH]c2C)cn1. The second kappa shape index (κ2) is 6.04. The maximum absolute atomic E-state index is 12.1. The van der Waals surface area contributed by atoms with Crippen LogP contribution in [0.15, 0.2) is 17.6 Å². The van der Waals surface area contributed by atoms with E-state index in [9.17, 15) is 4.79 Å². The first-order valence-electron chi connectivity index (χ1n) is 6.21. The number of carbonyl (C=O) groups is 1. The van der Waals surface area contributed by atoms with E-state index in [1.54, 1.807) is 0 Å². The lowest BCUT2D eigenvalue weighted by Crippen LogP contribution is -2.27. The predicted octanol–water partition coefficient (Wildman–Crippen LogP) is 2.03. The summed E-state index contributed by atoms with van der Waals surface area (Å²) in [5, 5.41) is 10.6. The molecule has 1 unspecified atom stereocenters. The Morgan fingerprint density at radius 3 is 2.50 bits per heavy atom. The smallest absolute Gasteiger partial charge is 0.254 e. The van der Waals surface area contributed by atoms with Crippen LogP contribution >= 0.6 is 11.8 Å². The third kappa shape index (κ3) is 2.98. The second-order valence-corrected chi connectivity index (χ2v) is 5.27. The van der Waals surface area contributed by atoms with Gasteiger partial charge in [0.2, 0.25) is 0 Å². The van der Waals surface area contributed by atoms with Crippen LogP contribution in [0.25, 0.3) is 0 Å². The van der Waals surface area contributed by atoms with Crippen LogP contribution in [0.2, 0.25) is 0 Å². The molecule has 0 aliphatic rings. The van der Waals surface area contributed by atoms with Crippen molar-refractivity contribution in [2.75, 3.05) is 6.26 Å². The molecule has 0 saturated carbocycles. The molecule has 0 saturated heterocycles. The Labute approximate surface area is 121 Å². The van der Waals surface area contributed by atoms with Gasteiger partial charge in [-0.3, -0.25) is 9.89 Å². The zero-order valence-corrected chi connectivity index (χ0v) is 12.7. The van der Waals surface area contributed by atoms with Crippen molar-refractivity contribution >= 4 is 17.7 Å². The van der Waals surface area contributed by atoms with Crippen LogP contribution in [0.3, 0.4) is 0 Å². The summed E-state index contributed by atoms with van der Waals surface area (Å²) in [4.78, 5) is 20.3. The maximum Gasteiger partial charge on any atom is 0.254 e. The van der Waals surface area contributed by atoms with Crippen LogP contribution in [-0.4, -0.2) is 32.3 Å². The summed E-state index contributed by atoms with van der Waals surface area (Å²) >= 11 is 1.44. The molecule has 20 heavy (non-hydrogen) atoms. The first kappa shape index (κ1) is 14.5. The van der Waals surface area contributed by atoms with Crippen LogP contribution < -0.4 is 5.32 Å². The predicted molar refractivity (Wildman–Crippen MR) is 77.8 cm³/mol. The van der Waals surface area contributed by atoms with E-state index in [-0.39, 0.29) is 11.9 Å². The van der Waals surface area contributed by atoms with Gasteiger partial charge in [0.05, 0.1) is 17.3 Å². The fraction of sp³-hybridized carbons (Fsp3) is 0.385. The van der Waals surface area contributed by atoms with Gasteiger partial charge in [-0.2, -0.15) is 5.10 Å². The molecular formula is C13H17N5OS. The topological polar surface area (TPSA) is 83.6 Å². The van der Waals surface area contributed by atoms with Crippen LogP contribution in [-0.2, 0) is 0 Å². The van der Waals surface area contributed by atoms with E-state index in [4.69, 9.17) is 0 Å². The number of aryl methyl sites for hydroxylation is 2. The number of thioether (sulfide) groups is 1. The van der Waals surface area contributed by atoms with Crippen molar-refractivity contribution in [2.24, 2.45) is 0 Å². The molecule has 0 bridgehead atoms. The fourth-order valence-electron chi connectivity index (χ4n) is 2.09. The molecule has 2 rings (SSSR count). The highest BCUT2D eigenvalue weighted by atomic mass is 32.2. The van der Waals surface area contributed by atoms with Gasteiger partial charge in [-0.25, -0.2) is 9.97 Å². The van der Waals surface area contributed by atoms with Crippen molar-refractivity contribution in [1.82, 2.24) is 25.5 Å². The number of H-pyrrole nitrogens is 1. The number of carbonyl (C=O) groups excluding carboxylic acids is 1. The molecule has 0 fully saturated rings. The average Bonchev–Trinajstić information content (AvgIpc) is 2.78. The minimum atomic E-state index is -0.190. The standard InChI is InChI=1S/C13H17N5OS/c1-7(11-8(2)17-18-9(11)3)16-12(19)10-5-14-13(20-4)15-6-10/h5-7H,1-4H3,(H,16,19)(H,17,18). The third-order valence-corrected chi connectivity index (χ3v) is 3.61. The lowest BCUT2D eigenvalue weighted by Gasteiger charge is -2.14. The molecule has 0 aliphatic heterocycles. The number of nitrogens with one attached hydrogen (secondary N) is 2. The zero-order valence-electron chi connectivity index (χ0n) is 11.9. The molecule has 1 atom stereocenters. The summed E-state index contributed by atoms with van der Waals surface area (Å²) in [5.74, 6) is -0.190. The Balaban J connectivity index is 2.11. The van der Waals surface area contributed by atoms with E-state index in [0.29, 0.717) is 10.7 Å². The summed E-state index contributed by atoms with van der Waals surface area (Å²) in [5.41, 5.74) is 3.32. The van der Waals surface area contributed by atoms with Crippen LogP contribution in [0, 0.1) is 13.8 Å². The van der Waals surface area contributed by atoms with Crippen molar-refractivity contribution in [2.45, 2.75) is 32.0 Å². The number of rotatable bonds is 4. The molecule has 2 aromatic rings. The summed E-state index contributed by atoms with van der Waals surface area (Å²) < 4.78 is 0. The molecule has 0 aliphatic carbocycles. The fourth-order valence-corrected chi connectivity index (χ4v) is 2.40. The minimum absolute atomic E-state index is 0.124. The van der Waals surface area contributed by atoms with E-state index >= 15 is 0 Å². The molecule has 106 valence electrons. The Kier molecular flexibility index (Phi) is 4.39. The molecule has 2 aromatic heterocycles. The number of nitrogens with zero attached hydrogens (tertiary/aromatic N) is 3. The number of aromatic nitrogens is 4. The Morgan fingerprint density at radius 2 is 2.00 bits per heavy atom. The largest absolute Gasteiger partial charge is 0.345 e. The van der Waals surface area contributed by atoms with Crippen molar-refractivity contribution in [1.29, 1.82) is 0 Å². The van der Waals surface area contributed by atoms with Crippen LogP contribution in [0.5, 0.6) is 0 Å². The normalized spacial score (nSPS) is 12.2. The second-order valence-electron chi connectivity index (χ2n) is 4.50. The van der Waals surface area contributed by atoms with Crippen molar-refractivity contribution in [3.05, 3.63) is 34.9 Å².